The second-order valence-electron chi connectivity index (χ2n) is 8.23. The fourth-order valence-corrected chi connectivity index (χ4v) is 7.04. The minimum atomic E-state index is -4.91. The van der Waals surface area contributed by atoms with Gasteiger partial charge in [0.25, 0.3) is 10.0 Å². The van der Waals surface area contributed by atoms with Gasteiger partial charge in [0.1, 0.15) is 10.8 Å². The maximum absolute atomic E-state index is 13.7. The van der Waals surface area contributed by atoms with Crippen LogP contribution in [0.5, 0.6) is 0 Å². The van der Waals surface area contributed by atoms with Crippen LogP contribution in [-0.4, -0.2) is 42.2 Å². The highest BCUT2D eigenvalue weighted by Crippen LogP contribution is 2.43. The number of thioether (sulfide) groups is 1. The summed E-state index contributed by atoms with van der Waals surface area (Å²) in [6.07, 6.45) is -2.21. The molecule has 2 atom stereocenters. The number of anilines is 1. The van der Waals surface area contributed by atoms with Gasteiger partial charge in [0, 0.05) is 6.42 Å². The molecule has 35 heavy (non-hydrogen) atoms. The molecule has 0 aliphatic carbocycles. The molecule has 0 fully saturated rings. The lowest BCUT2D eigenvalue weighted by atomic mass is 9.89. The number of aliphatic hydroxyl groups is 1. The van der Waals surface area contributed by atoms with Crippen LogP contribution in [0.4, 0.5) is 23.2 Å². The molecular formula is C22H21F4N3O3S3. The summed E-state index contributed by atoms with van der Waals surface area (Å²) < 4.78 is 83.0. The summed E-state index contributed by atoms with van der Waals surface area (Å²) in [5.41, 5.74) is -2.91. The van der Waals surface area contributed by atoms with Gasteiger partial charge in [-0.2, -0.15) is 13.2 Å². The number of hydrogen-bond acceptors (Lipinski definition) is 7. The third kappa shape index (κ3) is 4.91. The lowest BCUT2D eigenvalue weighted by Gasteiger charge is -2.38. The van der Waals surface area contributed by atoms with Crippen LogP contribution >= 0.6 is 23.1 Å². The van der Waals surface area contributed by atoms with E-state index >= 15 is 0 Å². The molecule has 1 aromatic heterocycles. The van der Waals surface area contributed by atoms with E-state index in [-0.39, 0.29) is 22.6 Å². The van der Waals surface area contributed by atoms with Crippen molar-refractivity contribution in [1.82, 2.24) is 10.2 Å². The molecular weight excluding hydrogens is 526 g/mol. The highest BCUT2D eigenvalue weighted by molar-refractivity contribution is 8.00. The largest absolute Gasteiger partial charge is 0.421 e. The fourth-order valence-electron chi connectivity index (χ4n) is 3.94. The highest BCUT2D eigenvalue weighted by Gasteiger charge is 2.51. The average Bonchev–Trinajstić information content (AvgIpc) is 3.25. The molecule has 3 aromatic rings. The van der Waals surface area contributed by atoms with E-state index in [0.29, 0.717) is 30.3 Å². The summed E-state index contributed by atoms with van der Waals surface area (Å²) in [5.74, 6) is -0.600. The van der Waals surface area contributed by atoms with Gasteiger partial charge in [-0.1, -0.05) is 35.2 Å². The Kier molecular flexibility index (Phi) is 6.90. The monoisotopic (exact) mass is 547 g/mol. The first kappa shape index (κ1) is 25.9. The molecule has 6 nitrogen and oxygen atoms in total. The molecule has 2 heterocycles. The van der Waals surface area contributed by atoms with Crippen molar-refractivity contribution in [3.8, 4) is 0 Å². The molecule has 0 spiro atoms. The molecule has 0 saturated heterocycles. The Bertz CT molecular complexity index is 1330. The number of rotatable bonds is 6. The summed E-state index contributed by atoms with van der Waals surface area (Å²) in [7, 11) is -4.20. The molecule has 0 radical (unpaired) electrons. The molecule has 1 aliphatic rings. The van der Waals surface area contributed by atoms with Crippen molar-refractivity contribution in [1.29, 1.82) is 0 Å². The van der Waals surface area contributed by atoms with E-state index in [1.807, 2.05) is 6.26 Å². The molecule has 0 bridgehead atoms. The Hall–Kier alpha value is -2.22. The Labute approximate surface area is 208 Å². The Morgan fingerprint density at radius 3 is 2.46 bits per heavy atom. The highest BCUT2D eigenvalue weighted by atomic mass is 32.2. The van der Waals surface area contributed by atoms with Crippen LogP contribution < -0.4 is 4.31 Å². The quantitative estimate of drug-likeness (QED) is 0.349. The molecule has 0 amide bonds. The first-order chi connectivity index (χ1) is 16.3. The zero-order valence-corrected chi connectivity index (χ0v) is 21.0. The topological polar surface area (TPSA) is 83.4 Å². The van der Waals surface area contributed by atoms with Crippen molar-refractivity contribution < 1.29 is 31.1 Å². The number of aromatic nitrogens is 2. The van der Waals surface area contributed by atoms with Gasteiger partial charge >= 0.3 is 6.18 Å². The molecule has 1 unspecified atom stereocenters. The van der Waals surface area contributed by atoms with Gasteiger partial charge in [0.2, 0.25) is 0 Å². The summed E-state index contributed by atoms with van der Waals surface area (Å²) in [4.78, 5) is -0.148. The lowest BCUT2D eigenvalue weighted by Crippen LogP contribution is -2.45. The summed E-state index contributed by atoms with van der Waals surface area (Å²) in [6, 6.07) is 7.34. The van der Waals surface area contributed by atoms with E-state index in [1.54, 1.807) is 0 Å². The van der Waals surface area contributed by atoms with Gasteiger partial charge in [-0.05, 0) is 67.5 Å². The van der Waals surface area contributed by atoms with E-state index in [9.17, 15) is 31.1 Å². The smallest absolute Gasteiger partial charge is 0.376 e. The first-order valence-corrected chi connectivity index (χ1v) is 13.9. The number of hydrogen-bond donors (Lipinski definition) is 1. The summed E-state index contributed by atoms with van der Waals surface area (Å²) in [5, 5.41) is 18.9. The third-order valence-corrected chi connectivity index (χ3v) is 9.71. The Balaban J connectivity index is 1.81. The van der Waals surface area contributed by atoms with Crippen molar-refractivity contribution in [2.75, 3.05) is 10.6 Å². The lowest BCUT2D eigenvalue weighted by molar-refractivity contribution is -0.258. The molecule has 188 valence electrons. The molecule has 4 rings (SSSR count). The molecule has 13 heteroatoms. The second kappa shape index (κ2) is 9.34. The van der Waals surface area contributed by atoms with E-state index < -0.39 is 33.7 Å². The SMILES string of the molecule is CSc1nnc(C[C@@H]2CCc3cc(C(C)(O)C(F)(F)F)ccc3N2S(=O)(=O)c2ccc(F)cc2)s1. The van der Waals surface area contributed by atoms with Crippen LogP contribution in [0.15, 0.2) is 51.7 Å². The van der Waals surface area contributed by atoms with Gasteiger partial charge in [-0.25, -0.2) is 12.8 Å². The van der Waals surface area contributed by atoms with Gasteiger partial charge in [-0.3, -0.25) is 4.31 Å². The molecule has 1 aliphatic heterocycles. The van der Waals surface area contributed by atoms with Crippen LogP contribution in [0.25, 0.3) is 0 Å². The van der Waals surface area contributed by atoms with E-state index in [4.69, 9.17) is 0 Å². The van der Waals surface area contributed by atoms with Crippen molar-refractivity contribution in [3.05, 3.63) is 64.4 Å². The number of benzene rings is 2. The maximum atomic E-state index is 13.7. The number of nitrogens with zero attached hydrogens (tertiary/aromatic N) is 3. The standard InChI is InChI=1S/C22H21F4N3O3S3/c1-21(30,22(24,25)26)14-4-10-18-13(11-14)3-7-16(12-19-27-28-20(33-2)34-19)29(18)35(31,32)17-8-5-15(23)6-9-17/h4-6,8-11,16,30H,3,7,12H2,1-2H3/t16-,21?/m0/s1. The van der Waals surface area contributed by atoms with Crippen LogP contribution in [0.1, 0.15) is 29.5 Å². The van der Waals surface area contributed by atoms with Crippen LogP contribution in [0.3, 0.4) is 0 Å². The van der Waals surface area contributed by atoms with E-state index in [2.05, 4.69) is 10.2 Å². The maximum Gasteiger partial charge on any atom is 0.421 e. The van der Waals surface area contributed by atoms with Crippen LogP contribution in [0.2, 0.25) is 0 Å². The molecule has 2 aromatic carbocycles. The molecule has 0 saturated carbocycles. The zero-order valence-electron chi connectivity index (χ0n) is 18.6. The first-order valence-electron chi connectivity index (χ1n) is 10.4. The van der Waals surface area contributed by atoms with E-state index in [0.717, 1.165) is 34.7 Å². The number of halogens is 4. The summed E-state index contributed by atoms with van der Waals surface area (Å²) >= 11 is 2.75. The van der Waals surface area contributed by atoms with Gasteiger partial charge < -0.3 is 5.11 Å². The normalized spacial score (nSPS) is 18.3. The summed E-state index contributed by atoms with van der Waals surface area (Å²) in [6.45, 7) is 0.659. The Morgan fingerprint density at radius 1 is 1.17 bits per heavy atom. The predicted octanol–water partition coefficient (Wildman–Crippen LogP) is 4.92. The predicted molar refractivity (Wildman–Crippen MR) is 126 cm³/mol. The number of alkyl halides is 3. The van der Waals surface area contributed by atoms with Gasteiger partial charge in [0.05, 0.1) is 16.6 Å². The van der Waals surface area contributed by atoms with Crippen LogP contribution in [-0.2, 0) is 28.5 Å². The van der Waals surface area contributed by atoms with Gasteiger partial charge in [-0.15, -0.1) is 10.2 Å². The van der Waals surface area contributed by atoms with Crippen molar-refractivity contribution in [3.63, 3.8) is 0 Å². The fraction of sp³-hybridized carbons (Fsp3) is 0.364. The van der Waals surface area contributed by atoms with Crippen LogP contribution in [0, 0.1) is 5.82 Å². The third-order valence-electron chi connectivity index (χ3n) is 5.91. The minimum Gasteiger partial charge on any atom is -0.376 e. The van der Waals surface area contributed by atoms with Gasteiger partial charge in [0.15, 0.2) is 9.94 Å². The average molecular weight is 548 g/mol. The number of fused-ring (bicyclic) bond motifs is 1. The second-order valence-corrected chi connectivity index (χ2v) is 12.2. The number of sulfonamides is 1. The minimum absolute atomic E-state index is 0.148. The van der Waals surface area contributed by atoms with E-state index in [1.165, 1.54) is 39.5 Å². The zero-order chi connectivity index (χ0) is 25.6. The van der Waals surface area contributed by atoms with Crippen molar-refractivity contribution >= 4 is 38.8 Å². The van der Waals surface area contributed by atoms with Crippen molar-refractivity contribution in [2.24, 2.45) is 0 Å². The van der Waals surface area contributed by atoms with Crippen molar-refractivity contribution in [2.45, 2.75) is 53.2 Å². The Morgan fingerprint density at radius 2 is 1.86 bits per heavy atom. The number of aryl methyl sites for hydroxylation is 1. The molecule has 1 N–H and O–H groups in total.